The van der Waals surface area contributed by atoms with Gasteiger partial charge in [0.15, 0.2) is 0 Å². The lowest BCUT2D eigenvalue weighted by Crippen LogP contribution is -2.54. The van der Waals surface area contributed by atoms with Gasteiger partial charge in [0.05, 0.1) is 0 Å². The van der Waals surface area contributed by atoms with Crippen LogP contribution in [0.1, 0.15) is 59.3 Å². The normalized spacial score (nSPS) is 35.8. The minimum absolute atomic E-state index is 0.174. The molecule has 1 saturated heterocycles. The van der Waals surface area contributed by atoms with Crippen LogP contribution in [0.25, 0.3) is 0 Å². The Morgan fingerprint density at radius 2 is 2.00 bits per heavy atom. The van der Waals surface area contributed by atoms with Crippen LogP contribution >= 0.6 is 0 Å². The highest BCUT2D eigenvalue weighted by Gasteiger charge is 2.44. The second kappa shape index (κ2) is 5.20. The largest absolute Gasteiger partial charge is 0.335 e. The Morgan fingerprint density at radius 1 is 1.28 bits per heavy atom. The van der Waals surface area contributed by atoms with Crippen molar-refractivity contribution in [3.63, 3.8) is 0 Å². The van der Waals surface area contributed by atoms with E-state index in [-0.39, 0.29) is 17.4 Å². The van der Waals surface area contributed by atoms with Gasteiger partial charge in [0.2, 0.25) is 5.91 Å². The molecule has 104 valence electrons. The van der Waals surface area contributed by atoms with Gasteiger partial charge in [-0.2, -0.15) is 0 Å². The van der Waals surface area contributed by atoms with Crippen LogP contribution in [0.3, 0.4) is 0 Å². The van der Waals surface area contributed by atoms with Gasteiger partial charge in [-0.15, -0.1) is 0 Å². The molecule has 2 aliphatic rings. The van der Waals surface area contributed by atoms with Crippen molar-refractivity contribution in [2.75, 3.05) is 6.54 Å². The topological polar surface area (TPSA) is 46.3 Å². The molecule has 1 saturated carbocycles. The number of likely N-dealkylation sites (tertiary alicyclic amines) is 1. The number of carbonyl (C=O) groups is 1. The summed E-state index contributed by atoms with van der Waals surface area (Å²) in [6.07, 6.45) is 6.86. The van der Waals surface area contributed by atoms with Crippen LogP contribution in [0.15, 0.2) is 0 Å². The molecule has 3 atom stereocenters. The van der Waals surface area contributed by atoms with Crippen molar-refractivity contribution in [3.05, 3.63) is 0 Å². The van der Waals surface area contributed by atoms with Crippen molar-refractivity contribution in [3.8, 4) is 0 Å². The molecule has 2 rings (SSSR count). The molecule has 3 unspecified atom stereocenters. The summed E-state index contributed by atoms with van der Waals surface area (Å²) in [4.78, 5) is 15.0. The molecule has 0 spiro atoms. The van der Waals surface area contributed by atoms with E-state index in [4.69, 9.17) is 5.73 Å². The van der Waals surface area contributed by atoms with Crippen LogP contribution in [0.5, 0.6) is 0 Å². The number of amides is 1. The van der Waals surface area contributed by atoms with Gasteiger partial charge in [0.1, 0.15) is 0 Å². The zero-order valence-electron chi connectivity index (χ0n) is 12.1. The molecule has 0 aromatic carbocycles. The molecule has 0 aromatic heterocycles. The summed E-state index contributed by atoms with van der Waals surface area (Å²) in [5.74, 6) is 0.590. The highest BCUT2D eigenvalue weighted by Crippen LogP contribution is 2.44. The fourth-order valence-electron chi connectivity index (χ4n) is 3.88. The number of hydrogen-bond acceptors (Lipinski definition) is 2. The van der Waals surface area contributed by atoms with Gasteiger partial charge < -0.3 is 10.6 Å². The molecule has 0 bridgehead atoms. The van der Waals surface area contributed by atoms with Crippen molar-refractivity contribution in [1.29, 1.82) is 0 Å². The van der Waals surface area contributed by atoms with Crippen LogP contribution in [0, 0.1) is 11.3 Å². The summed E-state index contributed by atoms with van der Waals surface area (Å²) < 4.78 is 0. The molecule has 1 heterocycles. The van der Waals surface area contributed by atoms with E-state index in [0.29, 0.717) is 18.5 Å². The Morgan fingerprint density at radius 3 is 2.56 bits per heavy atom. The standard InChI is InChI=1S/C15H28N2O/c1-11-6-4-7-12(10-16)17(11)14(18)13-8-5-9-15(13,2)3/h11-13H,4-10,16H2,1-3H3. The molecule has 1 aliphatic carbocycles. The van der Waals surface area contributed by atoms with Gasteiger partial charge in [-0.05, 0) is 44.4 Å². The number of nitrogens with zero attached hydrogens (tertiary/aromatic N) is 1. The SMILES string of the molecule is CC1CCCC(CN)N1C(=O)C1CCCC1(C)C. The average molecular weight is 252 g/mol. The zero-order valence-corrected chi connectivity index (χ0v) is 12.1. The van der Waals surface area contributed by atoms with Gasteiger partial charge in [-0.3, -0.25) is 4.79 Å². The Labute approximate surface area is 111 Å². The molecule has 2 N–H and O–H groups in total. The molecule has 3 heteroatoms. The van der Waals surface area contributed by atoms with Gasteiger partial charge in [-0.1, -0.05) is 20.3 Å². The van der Waals surface area contributed by atoms with E-state index in [1.54, 1.807) is 0 Å². The minimum Gasteiger partial charge on any atom is -0.335 e. The first-order chi connectivity index (χ1) is 8.47. The number of carbonyl (C=O) groups excluding carboxylic acids is 1. The molecule has 3 nitrogen and oxygen atoms in total. The number of rotatable bonds is 2. The van der Waals surface area contributed by atoms with E-state index < -0.39 is 0 Å². The van der Waals surface area contributed by atoms with Crippen LogP contribution in [-0.2, 0) is 4.79 Å². The molecule has 1 aliphatic heterocycles. The van der Waals surface area contributed by atoms with Crippen LogP contribution in [-0.4, -0.2) is 29.4 Å². The smallest absolute Gasteiger partial charge is 0.226 e. The lowest BCUT2D eigenvalue weighted by molar-refractivity contribution is -0.145. The van der Waals surface area contributed by atoms with Crippen molar-refractivity contribution in [2.24, 2.45) is 17.1 Å². The van der Waals surface area contributed by atoms with Gasteiger partial charge in [-0.25, -0.2) is 0 Å². The van der Waals surface area contributed by atoms with Crippen molar-refractivity contribution in [2.45, 2.75) is 71.4 Å². The van der Waals surface area contributed by atoms with Crippen molar-refractivity contribution >= 4 is 5.91 Å². The number of nitrogens with two attached hydrogens (primary N) is 1. The zero-order chi connectivity index (χ0) is 13.3. The van der Waals surface area contributed by atoms with Crippen molar-refractivity contribution in [1.82, 2.24) is 4.90 Å². The average Bonchev–Trinajstić information content (AvgIpc) is 2.67. The number of piperidine rings is 1. The first-order valence-electron chi connectivity index (χ1n) is 7.49. The summed E-state index contributed by atoms with van der Waals surface area (Å²) in [5.41, 5.74) is 6.04. The maximum Gasteiger partial charge on any atom is 0.226 e. The third-order valence-electron chi connectivity index (χ3n) is 5.11. The van der Waals surface area contributed by atoms with E-state index in [1.807, 2.05) is 0 Å². The Bertz CT molecular complexity index is 314. The van der Waals surface area contributed by atoms with Crippen LogP contribution < -0.4 is 5.73 Å². The first-order valence-corrected chi connectivity index (χ1v) is 7.49. The second-order valence-corrected chi connectivity index (χ2v) is 6.85. The lowest BCUT2D eigenvalue weighted by Gasteiger charge is -2.43. The summed E-state index contributed by atoms with van der Waals surface area (Å²) in [6.45, 7) is 7.29. The summed E-state index contributed by atoms with van der Waals surface area (Å²) in [6, 6.07) is 0.647. The molecule has 18 heavy (non-hydrogen) atoms. The van der Waals surface area contributed by atoms with Gasteiger partial charge in [0.25, 0.3) is 0 Å². The van der Waals surface area contributed by atoms with E-state index in [2.05, 4.69) is 25.7 Å². The molecule has 1 amide bonds. The highest BCUT2D eigenvalue weighted by molar-refractivity contribution is 5.80. The van der Waals surface area contributed by atoms with Crippen LogP contribution in [0.2, 0.25) is 0 Å². The Hall–Kier alpha value is -0.570. The predicted octanol–water partition coefficient (Wildman–Crippen LogP) is 2.54. The lowest BCUT2D eigenvalue weighted by atomic mass is 9.80. The Kier molecular flexibility index (Phi) is 4.00. The van der Waals surface area contributed by atoms with Crippen LogP contribution in [0.4, 0.5) is 0 Å². The van der Waals surface area contributed by atoms with Gasteiger partial charge >= 0.3 is 0 Å². The third kappa shape index (κ3) is 2.42. The summed E-state index contributed by atoms with van der Waals surface area (Å²) >= 11 is 0. The second-order valence-electron chi connectivity index (χ2n) is 6.85. The fraction of sp³-hybridized carbons (Fsp3) is 0.933. The first kappa shape index (κ1) is 13.9. The molecule has 0 aromatic rings. The molecule has 2 fully saturated rings. The van der Waals surface area contributed by atoms with E-state index in [0.717, 1.165) is 19.3 Å². The Balaban J connectivity index is 2.15. The fourth-order valence-corrected chi connectivity index (χ4v) is 3.88. The van der Waals surface area contributed by atoms with E-state index in [1.165, 1.54) is 19.3 Å². The monoisotopic (exact) mass is 252 g/mol. The highest BCUT2D eigenvalue weighted by atomic mass is 16.2. The predicted molar refractivity (Wildman–Crippen MR) is 74.1 cm³/mol. The third-order valence-corrected chi connectivity index (χ3v) is 5.11. The quantitative estimate of drug-likeness (QED) is 0.821. The minimum atomic E-state index is 0.174. The molecular weight excluding hydrogens is 224 g/mol. The van der Waals surface area contributed by atoms with E-state index >= 15 is 0 Å². The molecular formula is C15H28N2O. The van der Waals surface area contributed by atoms with Gasteiger partial charge in [0, 0.05) is 24.5 Å². The maximum absolute atomic E-state index is 12.9. The maximum atomic E-state index is 12.9. The summed E-state index contributed by atoms with van der Waals surface area (Å²) in [7, 11) is 0. The summed E-state index contributed by atoms with van der Waals surface area (Å²) in [5, 5.41) is 0. The van der Waals surface area contributed by atoms with E-state index in [9.17, 15) is 4.79 Å². The molecule has 0 radical (unpaired) electrons. The number of hydrogen-bond donors (Lipinski definition) is 1. The van der Waals surface area contributed by atoms with Crippen molar-refractivity contribution < 1.29 is 4.79 Å².